The highest BCUT2D eigenvalue weighted by molar-refractivity contribution is 6.30. The average Bonchev–Trinajstić information content (AvgIpc) is 2.41. The molecular weight excluding hydrogens is 256 g/mol. The maximum atomic E-state index is 5.92. The van der Waals surface area contributed by atoms with Crippen molar-refractivity contribution in [1.82, 2.24) is 4.98 Å². The summed E-state index contributed by atoms with van der Waals surface area (Å²) < 4.78 is 0. The van der Waals surface area contributed by atoms with Gasteiger partial charge in [-0.1, -0.05) is 11.6 Å². The van der Waals surface area contributed by atoms with Crippen LogP contribution in [0.2, 0.25) is 5.02 Å². The second-order valence-corrected chi connectivity index (χ2v) is 5.51. The Hall–Kier alpha value is -1.54. The minimum atomic E-state index is 0.762. The summed E-state index contributed by atoms with van der Waals surface area (Å²) in [6.07, 6.45) is 4.74. The van der Waals surface area contributed by atoms with Gasteiger partial charge >= 0.3 is 0 Å². The van der Waals surface area contributed by atoms with Crippen molar-refractivity contribution in [2.24, 2.45) is 0 Å². The standard InChI is InChI=1S/C16H17ClN2/c1-11-10-16(14-4-2-3-5-15(14)18-11)19-13-8-6-12(17)7-9-13/h6-10H,2-5H2,1H3,(H,18,19). The predicted molar refractivity (Wildman–Crippen MR) is 80.4 cm³/mol. The number of rotatable bonds is 2. The van der Waals surface area contributed by atoms with E-state index in [-0.39, 0.29) is 0 Å². The molecule has 0 radical (unpaired) electrons. The van der Waals surface area contributed by atoms with Crippen molar-refractivity contribution in [1.29, 1.82) is 0 Å². The van der Waals surface area contributed by atoms with Crippen LogP contribution < -0.4 is 5.32 Å². The Morgan fingerprint density at radius 1 is 1.11 bits per heavy atom. The van der Waals surface area contributed by atoms with Gasteiger partial charge in [-0.3, -0.25) is 4.98 Å². The molecule has 1 aliphatic rings. The van der Waals surface area contributed by atoms with Crippen molar-refractivity contribution < 1.29 is 0 Å². The number of benzene rings is 1. The zero-order valence-electron chi connectivity index (χ0n) is 11.0. The Morgan fingerprint density at radius 3 is 2.63 bits per heavy atom. The Balaban J connectivity index is 1.95. The van der Waals surface area contributed by atoms with E-state index in [0.29, 0.717) is 0 Å². The molecule has 0 fully saturated rings. The summed E-state index contributed by atoms with van der Waals surface area (Å²) in [5.74, 6) is 0. The van der Waals surface area contributed by atoms with E-state index in [0.717, 1.165) is 29.2 Å². The fraction of sp³-hybridized carbons (Fsp3) is 0.312. The van der Waals surface area contributed by atoms with Crippen molar-refractivity contribution in [3.05, 3.63) is 52.3 Å². The Morgan fingerprint density at radius 2 is 1.84 bits per heavy atom. The first-order chi connectivity index (χ1) is 9.22. The van der Waals surface area contributed by atoms with Crippen LogP contribution in [-0.4, -0.2) is 4.98 Å². The number of nitrogens with one attached hydrogen (secondary N) is 1. The van der Waals surface area contributed by atoms with Gasteiger partial charge in [0.1, 0.15) is 0 Å². The molecule has 0 saturated heterocycles. The topological polar surface area (TPSA) is 24.9 Å². The van der Waals surface area contributed by atoms with E-state index < -0.39 is 0 Å². The molecule has 0 bridgehead atoms. The Kier molecular flexibility index (Phi) is 3.43. The highest BCUT2D eigenvalue weighted by Crippen LogP contribution is 2.30. The Bertz CT molecular complexity index is 590. The largest absolute Gasteiger partial charge is 0.355 e. The summed E-state index contributed by atoms with van der Waals surface area (Å²) in [4.78, 5) is 4.67. The molecule has 0 amide bonds. The molecule has 0 spiro atoms. The van der Waals surface area contributed by atoms with E-state index in [1.54, 1.807) is 0 Å². The Labute approximate surface area is 118 Å². The second kappa shape index (κ2) is 5.22. The van der Waals surface area contributed by atoms with Crippen LogP contribution in [0.4, 0.5) is 11.4 Å². The zero-order chi connectivity index (χ0) is 13.2. The minimum Gasteiger partial charge on any atom is -0.355 e. The molecule has 2 nitrogen and oxygen atoms in total. The van der Waals surface area contributed by atoms with Crippen LogP contribution in [0, 0.1) is 6.92 Å². The van der Waals surface area contributed by atoms with Crippen molar-refractivity contribution in [3.8, 4) is 0 Å². The van der Waals surface area contributed by atoms with Crippen LogP contribution in [0.15, 0.2) is 30.3 Å². The second-order valence-electron chi connectivity index (χ2n) is 5.08. The molecule has 0 aliphatic heterocycles. The molecule has 2 aromatic rings. The SMILES string of the molecule is Cc1cc(Nc2ccc(Cl)cc2)c2c(n1)CCCC2. The maximum absolute atomic E-state index is 5.92. The molecule has 1 aromatic heterocycles. The predicted octanol–water partition coefficient (Wildman–Crippen LogP) is 4.67. The van der Waals surface area contributed by atoms with Crippen molar-refractivity contribution in [2.75, 3.05) is 5.32 Å². The van der Waals surface area contributed by atoms with Gasteiger partial charge in [0.25, 0.3) is 0 Å². The summed E-state index contributed by atoms with van der Waals surface area (Å²) >= 11 is 5.92. The number of fused-ring (bicyclic) bond motifs is 1. The van der Waals surface area contributed by atoms with Gasteiger partial charge in [-0.05, 0) is 68.5 Å². The zero-order valence-corrected chi connectivity index (χ0v) is 11.8. The molecule has 1 N–H and O–H groups in total. The lowest BCUT2D eigenvalue weighted by molar-refractivity contribution is 0.667. The first-order valence-corrected chi connectivity index (χ1v) is 7.12. The van der Waals surface area contributed by atoms with Gasteiger partial charge in [-0.15, -0.1) is 0 Å². The summed E-state index contributed by atoms with van der Waals surface area (Å²) in [5.41, 5.74) is 6.00. The third-order valence-electron chi connectivity index (χ3n) is 3.55. The lowest BCUT2D eigenvalue weighted by Gasteiger charge is -2.20. The summed E-state index contributed by atoms with van der Waals surface area (Å²) in [7, 11) is 0. The average molecular weight is 273 g/mol. The minimum absolute atomic E-state index is 0.762. The van der Waals surface area contributed by atoms with Gasteiger partial charge in [0.15, 0.2) is 0 Å². The third kappa shape index (κ3) is 2.74. The molecule has 1 aliphatic carbocycles. The van der Waals surface area contributed by atoms with E-state index in [1.807, 2.05) is 24.3 Å². The maximum Gasteiger partial charge on any atom is 0.0459 e. The van der Waals surface area contributed by atoms with Crippen molar-refractivity contribution in [2.45, 2.75) is 32.6 Å². The van der Waals surface area contributed by atoms with Gasteiger partial charge < -0.3 is 5.32 Å². The quantitative estimate of drug-likeness (QED) is 0.860. The highest BCUT2D eigenvalue weighted by atomic mass is 35.5. The summed E-state index contributed by atoms with van der Waals surface area (Å²) in [6, 6.07) is 9.97. The van der Waals surface area contributed by atoms with E-state index in [4.69, 9.17) is 11.6 Å². The number of aryl methyl sites for hydroxylation is 2. The molecule has 3 rings (SSSR count). The molecule has 98 valence electrons. The van der Waals surface area contributed by atoms with Gasteiger partial charge in [-0.25, -0.2) is 0 Å². The first kappa shape index (κ1) is 12.5. The number of hydrogen-bond acceptors (Lipinski definition) is 2. The van der Waals surface area contributed by atoms with Crippen LogP contribution >= 0.6 is 11.6 Å². The van der Waals surface area contributed by atoms with Gasteiger partial charge in [0, 0.05) is 27.8 Å². The van der Waals surface area contributed by atoms with Crippen molar-refractivity contribution >= 4 is 23.0 Å². The fourth-order valence-electron chi connectivity index (χ4n) is 2.64. The van der Waals surface area contributed by atoms with Gasteiger partial charge in [0.05, 0.1) is 0 Å². The molecule has 0 atom stereocenters. The van der Waals surface area contributed by atoms with E-state index in [1.165, 1.54) is 29.8 Å². The van der Waals surface area contributed by atoms with Crippen LogP contribution in [0.5, 0.6) is 0 Å². The normalized spacial score (nSPS) is 14.0. The van der Waals surface area contributed by atoms with Crippen LogP contribution in [0.25, 0.3) is 0 Å². The highest BCUT2D eigenvalue weighted by Gasteiger charge is 2.15. The van der Waals surface area contributed by atoms with E-state index in [2.05, 4.69) is 23.3 Å². The molecule has 19 heavy (non-hydrogen) atoms. The number of aromatic nitrogens is 1. The van der Waals surface area contributed by atoms with E-state index >= 15 is 0 Å². The molecule has 0 unspecified atom stereocenters. The molecule has 3 heteroatoms. The van der Waals surface area contributed by atoms with Crippen molar-refractivity contribution in [3.63, 3.8) is 0 Å². The lowest BCUT2D eigenvalue weighted by atomic mass is 9.94. The van der Waals surface area contributed by atoms with Crippen LogP contribution in [-0.2, 0) is 12.8 Å². The lowest BCUT2D eigenvalue weighted by Crippen LogP contribution is -2.09. The van der Waals surface area contributed by atoms with Gasteiger partial charge in [-0.2, -0.15) is 0 Å². The third-order valence-corrected chi connectivity index (χ3v) is 3.80. The van der Waals surface area contributed by atoms with Crippen LogP contribution in [0.1, 0.15) is 29.8 Å². The summed E-state index contributed by atoms with van der Waals surface area (Å²) in [6.45, 7) is 2.06. The monoisotopic (exact) mass is 272 g/mol. The number of halogens is 1. The van der Waals surface area contributed by atoms with E-state index in [9.17, 15) is 0 Å². The number of hydrogen-bond donors (Lipinski definition) is 1. The first-order valence-electron chi connectivity index (χ1n) is 6.74. The molecular formula is C16H17ClN2. The summed E-state index contributed by atoms with van der Waals surface area (Å²) in [5, 5.41) is 4.26. The smallest absolute Gasteiger partial charge is 0.0459 e. The number of nitrogens with zero attached hydrogens (tertiary/aromatic N) is 1. The molecule has 0 saturated carbocycles. The fourth-order valence-corrected chi connectivity index (χ4v) is 2.77. The van der Waals surface area contributed by atoms with Crippen LogP contribution in [0.3, 0.4) is 0 Å². The van der Waals surface area contributed by atoms with Gasteiger partial charge in [0.2, 0.25) is 0 Å². The molecule has 1 aromatic carbocycles. The number of anilines is 2. The number of pyridine rings is 1. The molecule has 1 heterocycles.